The fourth-order valence-corrected chi connectivity index (χ4v) is 2.83. The number of H-pyrrole nitrogens is 1. The molecule has 2 rings (SSSR count). The summed E-state index contributed by atoms with van der Waals surface area (Å²) in [5, 5.41) is 1.24. The maximum absolute atomic E-state index is 5.49. The molecule has 0 aliphatic carbocycles. The highest BCUT2D eigenvalue weighted by Crippen LogP contribution is 2.28. The lowest BCUT2D eigenvalue weighted by Crippen LogP contribution is -2.27. The average molecular weight is 274 g/mol. The van der Waals surface area contributed by atoms with Crippen molar-refractivity contribution in [3.63, 3.8) is 0 Å². The molecule has 2 aromatic rings. The van der Waals surface area contributed by atoms with Gasteiger partial charge in [-0.05, 0) is 50.0 Å². The van der Waals surface area contributed by atoms with Crippen LogP contribution in [-0.4, -0.2) is 36.6 Å². The molecule has 0 aliphatic heterocycles. The van der Waals surface area contributed by atoms with Crippen molar-refractivity contribution < 1.29 is 4.74 Å². The second kappa shape index (κ2) is 7.34. The predicted molar refractivity (Wildman–Crippen MR) is 85.6 cm³/mol. The molecule has 0 amide bonds. The van der Waals surface area contributed by atoms with Crippen molar-refractivity contribution in [3.8, 4) is 5.75 Å². The molecule has 1 heterocycles. The third-order valence-electron chi connectivity index (χ3n) is 3.75. The van der Waals surface area contributed by atoms with Gasteiger partial charge in [0.25, 0.3) is 0 Å². The molecule has 1 aromatic carbocycles. The van der Waals surface area contributed by atoms with Crippen LogP contribution in [-0.2, 0) is 6.42 Å². The summed E-state index contributed by atoms with van der Waals surface area (Å²) in [6.45, 7) is 7.99. The first-order valence-corrected chi connectivity index (χ1v) is 7.65. The lowest BCUT2D eigenvalue weighted by atomic mass is 10.1. The maximum Gasteiger partial charge on any atom is 0.128 e. The summed E-state index contributed by atoms with van der Waals surface area (Å²) in [6, 6.07) is 6.18. The van der Waals surface area contributed by atoms with Crippen molar-refractivity contribution in [3.05, 3.63) is 30.0 Å². The molecule has 0 saturated carbocycles. The number of fused-ring (bicyclic) bond motifs is 1. The molecule has 0 unspecified atom stereocenters. The summed E-state index contributed by atoms with van der Waals surface area (Å²) in [4.78, 5) is 5.90. The van der Waals surface area contributed by atoms with E-state index in [1.807, 2.05) is 12.1 Å². The molecule has 0 atom stereocenters. The van der Waals surface area contributed by atoms with Gasteiger partial charge in [0.05, 0.1) is 7.11 Å². The van der Waals surface area contributed by atoms with E-state index in [4.69, 9.17) is 4.74 Å². The smallest absolute Gasteiger partial charge is 0.128 e. The molecule has 3 heteroatoms. The minimum absolute atomic E-state index is 0.969. The molecule has 0 aliphatic rings. The van der Waals surface area contributed by atoms with Gasteiger partial charge < -0.3 is 14.6 Å². The van der Waals surface area contributed by atoms with E-state index in [-0.39, 0.29) is 0 Å². The van der Waals surface area contributed by atoms with Gasteiger partial charge >= 0.3 is 0 Å². The summed E-state index contributed by atoms with van der Waals surface area (Å²) in [5.41, 5.74) is 2.52. The highest BCUT2D eigenvalue weighted by Gasteiger charge is 2.10. The van der Waals surface area contributed by atoms with E-state index in [1.54, 1.807) is 7.11 Å². The Bertz CT molecular complexity index is 527. The van der Waals surface area contributed by atoms with Gasteiger partial charge in [-0.15, -0.1) is 0 Å². The van der Waals surface area contributed by atoms with E-state index >= 15 is 0 Å². The number of rotatable bonds is 8. The first kappa shape index (κ1) is 14.9. The summed E-state index contributed by atoms with van der Waals surface area (Å²) in [6.07, 6.45) is 5.64. The number of ether oxygens (including phenoxy) is 1. The zero-order valence-electron chi connectivity index (χ0n) is 12.9. The lowest BCUT2D eigenvalue weighted by molar-refractivity contribution is 0.278. The first-order chi connectivity index (χ1) is 9.80. The summed E-state index contributed by atoms with van der Waals surface area (Å²) in [7, 11) is 1.74. The van der Waals surface area contributed by atoms with Crippen LogP contribution in [0.2, 0.25) is 0 Å². The van der Waals surface area contributed by atoms with Crippen LogP contribution in [0.3, 0.4) is 0 Å². The quantitative estimate of drug-likeness (QED) is 0.792. The van der Waals surface area contributed by atoms with Crippen LogP contribution >= 0.6 is 0 Å². The number of benzene rings is 1. The number of hydrogen-bond acceptors (Lipinski definition) is 2. The van der Waals surface area contributed by atoms with Crippen LogP contribution < -0.4 is 4.74 Å². The molecule has 3 nitrogen and oxygen atoms in total. The molecule has 0 fully saturated rings. The van der Waals surface area contributed by atoms with Crippen molar-refractivity contribution in [2.45, 2.75) is 33.1 Å². The molecule has 0 spiro atoms. The van der Waals surface area contributed by atoms with Gasteiger partial charge in [0.15, 0.2) is 0 Å². The summed E-state index contributed by atoms with van der Waals surface area (Å²) < 4.78 is 5.49. The number of hydrogen-bond donors (Lipinski definition) is 1. The van der Waals surface area contributed by atoms with E-state index in [0.29, 0.717) is 0 Å². The Kier molecular flexibility index (Phi) is 5.48. The van der Waals surface area contributed by atoms with Crippen LogP contribution in [0.1, 0.15) is 32.3 Å². The molecular formula is C17H26N2O. The maximum atomic E-state index is 5.49. The molecule has 110 valence electrons. The van der Waals surface area contributed by atoms with Crippen LogP contribution in [0.15, 0.2) is 24.4 Å². The highest BCUT2D eigenvalue weighted by atomic mass is 16.5. The van der Waals surface area contributed by atoms with E-state index in [2.05, 4.69) is 36.0 Å². The Morgan fingerprint density at radius 3 is 2.50 bits per heavy atom. The lowest BCUT2D eigenvalue weighted by Gasteiger charge is -2.20. The minimum atomic E-state index is 0.969. The van der Waals surface area contributed by atoms with E-state index in [9.17, 15) is 0 Å². The van der Waals surface area contributed by atoms with Gasteiger partial charge in [0.2, 0.25) is 0 Å². The fourth-order valence-electron chi connectivity index (χ4n) is 2.83. The van der Waals surface area contributed by atoms with Crippen LogP contribution in [0.25, 0.3) is 10.9 Å². The monoisotopic (exact) mass is 274 g/mol. The van der Waals surface area contributed by atoms with Crippen molar-refractivity contribution in [2.75, 3.05) is 26.7 Å². The van der Waals surface area contributed by atoms with Gasteiger partial charge in [-0.1, -0.05) is 19.9 Å². The van der Waals surface area contributed by atoms with Crippen molar-refractivity contribution in [1.82, 2.24) is 9.88 Å². The highest BCUT2D eigenvalue weighted by molar-refractivity contribution is 5.89. The van der Waals surface area contributed by atoms with Gasteiger partial charge in [0, 0.05) is 23.6 Å². The average Bonchev–Trinajstić information content (AvgIpc) is 2.88. The number of aromatic amines is 1. The number of nitrogens with zero attached hydrogens (tertiary/aromatic N) is 1. The Labute approximate surface area is 121 Å². The van der Waals surface area contributed by atoms with E-state index < -0.39 is 0 Å². The number of aromatic nitrogens is 1. The molecule has 0 radical (unpaired) electrons. The fraction of sp³-hybridized carbons (Fsp3) is 0.529. The molecule has 0 bridgehead atoms. The van der Waals surface area contributed by atoms with Gasteiger partial charge in [0.1, 0.15) is 5.75 Å². The number of nitrogens with one attached hydrogen (secondary N) is 1. The minimum Gasteiger partial charge on any atom is -0.496 e. The normalized spacial score (nSPS) is 11.4. The van der Waals surface area contributed by atoms with Gasteiger partial charge in [-0.25, -0.2) is 0 Å². The third-order valence-corrected chi connectivity index (χ3v) is 3.75. The molecule has 1 N–H and O–H groups in total. The summed E-state index contributed by atoms with van der Waals surface area (Å²) >= 11 is 0. The predicted octanol–water partition coefficient (Wildman–Crippen LogP) is 3.84. The molecule has 1 aromatic heterocycles. The third kappa shape index (κ3) is 3.34. The Hall–Kier alpha value is -1.48. The zero-order valence-corrected chi connectivity index (χ0v) is 12.9. The number of methoxy groups -OCH3 is 1. The van der Waals surface area contributed by atoms with Crippen molar-refractivity contribution in [2.24, 2.45) is 0 Å². The second-order valence-corrected chi connectivity index (χ2v) is 5.29. The van der Waals surface area contributed by atoms with E-state index in [1.165, 1.54) is 36.9 Å². The van der Waals surface area contributed by atoms with Gasteiger partial charge in [-0.2, -0.15) is 0 Å². The second-order valence-electron chi connectivity index (χ2n) is 5.29. The SMILES string of the molecule is CCCN(CCC)CCc1c[nH]c2cccc(OC)c12. The van der Waals surface area contributed by atoms with E-state index in [0.717, 1.165) is 24.2 Å². The molecule has 0 saturated heterocycles. The zero-order chi connectivity index (χ0) is 14.4. The van der Waals surface area contributed by atoms with Crippen molar-refractivity contribution >= 4 is 10.9 Å². The van der Waals surface area contributed by atoms with Gasteiger partial charge in [-0.3, -0.25) is 0 Å². The Morgan fingerprint density at radius 2 is 1.85 bits per heavy atom. The molecular weight excluding hydrogens is 248 g/mol. The topological polar surface area (TPSA) is 28.3 Å². The van der Waals surface area contributed by atoms with Crippen molar-refractivity contribution in [1.29, 1.82) is 0 Å². The standard InChI is InChI=1S/C17H26N2O/c1-4-10-19(11-5-2)12-9-14-13-18-15-7-6-8-16(20-3)17(14)15/h6-8,13,18H,4-5,9-12H2,1-3H3. The summed E-state index contributed by atoms with van der Waals surface area (Å²) in [5.74, 6) is 0.969. The van der Waals surface area contributed by atoms with Crippen LogP contribution in [0.5, 0.6) is 5.75 Å². The van der Waals surface area contributed by atoms with Crippen LogP contribution in [0.4, 0.5) is 0 Å². The Balaban J connectivity index is 2.13. The van der Waals surface area contributed by atoms with Crippen LogP contribution in [0, 0.1) is 0 Å². The molecule has 20 heavy (non-hydrogen) atoms. The Morgan fingerprint density at radius 1 is 1.10 bits per heavy atom. The largest absolute Gasteiger partial charge is 0.496 e. The first-order valence-electron chi connectivity index (χ1n) is 7.65.